The number of rotatable bonds is 4. The number of hydrogen-bond acceptors (Lipinski definition) is 7. The molecule has 0 aliphatic carbocycles. The van der Waals surface area contributed by atoms with Crippen LogP contribution in [0.5, 0.6) is 0 Å². The van der Waals surface area contributed by atoms with Crippen LogP contribution in [0, 0.1) is 10.1 Å². The van der Waals surface area contributed by atoms with Crippen molar-refractivity contribution in [1.82, 2.24) is 15.1 Å². The molecule has 2 aromatic heterocycles. The number of nitro groups is 1. The molecule has 2 rings (SSSR count). The molecule has 8 heteroatoms. The molecule has 0 atom stereocenters. The average Bonchev–Trinajstić information content (AvgIpc) is 2.80. The van der Waals surface area contributed by atoms with Crippen LogP contribution in [0.15, 0.2) is 29.2 Å². The van der Waals surface area contributed by atoms with Crippen molar-refractivity contribution in [1.29, 1.82) is 0 Å². The second kappa shape index (κ2) is 4.34. The van der Waals surface area contributed by atoms with Crippen molar-refractivity contribution in [3.05, 3.63) is 40.5 Å². The third-order valence-electron chi connectivity index (χ3n) is 1.76. The molecule has 0 fully saturated rings. The Morgan fingerprint density at radius 1 is 1.44 bits per heavy atom. The summed E-state index contributed by atoms with van der Waals surface area (Å²) < 4.78 is 4.84. The van der Waals surface area contributed by atoms with Crippen molar-refractivity contribution in [3.8, 4) is 0 Å². The first-order valence-electron chi connectivity index (χ1n) is 4.35. The summed E-state index contributed by atoms with van der Waals surface area (Å²) in [4.78, 5) is 17.3. The van der Waals surface area contributed by atoms with Crippen LogP contribution in [0.4, 0.5) is 11.6 Å². The van der Waals surface area contributed by atoms with Gasteiger partial charge in [0, 0.05) is 6.07 Å². The van der Waals surface area contributed by atoms with E-state index in [4.69, 9.17) is 4.52 Å². The maximum Gasteiger partial charge on any atom is 0.305 e. The third kappa shape index (κ3) is 2.29. The predicted octanol–water partition coefficient (Wildman–Crippen LogP) is 0.985. The molecule has 8 nitrogen and oxygen atoms in total. The summed E-state index contributed by atoms with van der Waals surface area (Å²) in [6.45, 7) is 0.373. The minimum Gasteiger partial charge on any atom is -0.360 e. The van der Waals surface area contributed by atoms with Gasteiger partial charge in [0.15, 0.2) is 5.76 Å². The first-order valence-corrected chi connectivity index (χ1v) is 4.35. The van der Waals surface area contributed by atoms with E-state index in [2.05, 4.69) is 20.4 Å². The van der Waals surface area contributed by atoms with E-state index in [1.165, 1.54) is 6.20 Å². The fourth-order valence-corrected chi connectivity index (χ4v) is 1.01. The van der Waals surface area contributed by atoms with Gasteiger partial charge in [-0.15, -0.1) is 0 Å². The largest absolute Gasteiger partial charge is 0.360 e. The van der Waals surface area contributed by atoms with Crippen LogP contribution in [0.3, 0.4) is 0 Å². The summed E-state index contributed by atoms with van der Waals surface area (Å²) in [5.41, 5.74) is -0.148. The summed E-state index contributed by atoms with van der Waals surface area (Å²) in [6, 6.07) is 1.69. The highest BCUT2D eigenvalue weighted by Crippen LogP contribution is 2.08. The molecule has 0 aliphatic heterocycles. The van der Waals surface area contributed by atoms with E-state index in [-0.39, 0.29) is 5.69 Å². The van der Waals surface area contributed by atoms with Crippen molar-refractivity contribution < 1.29 is 9.45 Å². The fourth-order valence-electron chi connectivity index (χ4n) is 1.01. The van der Waals surface area contributed by atoms with Crippen molar-refractivity contribution in [2.45, 2.75) is 6.54 Å². The number of anilines is 1. The lowest BCUT2D eigenvalue weighted by Gasteiger charge is -2.00. The van der Waals surface area contributed by atoms with E-state index in [1.54, 1.807) is 6.07 Å². The number of aromatic nitrogens is 3. The molecule has 0 saturated heterocycles. The van der Waals surface area contributed by atoms with Crippen LogP contribution in [-0.2, 0) is 6.54 Å². The molecule has 16 heavy (non-hydrogen) atoms. The topological polar surface area (TPSA) is 107 Å². The Morgan fingerprint density at radius 2 is 2.19 bits per heavy atom. The third-order valence-corrected chi connectivity index (χ3v) is 1.76. The van der Waals surface area contributed by atoms with Gasteiger partial charge >= 0.3 is 5.69 Å². The maximum absolute atomic E-state index is 10.3. The van der Waals surface area contributed by atoms with E-state index in [0.29, 0.717) is 18.3 Å². The average molecular weight is 221 g/mol. The van der Waals surface area contributed by atoms with Gasteiger partial charge in [-0.1, -0.05) is 5.16 Å². The molecule has 82 valence electrons. The Kier molecular flexibility index (Phi) is 2.72. The molecule has 1 N–H and O–H groups in total. The van der Waals surface area contributed by atoms with Gasteiger partial charge < -0.3 is 9.84 Å². The SMILES string of the molecule is O=[N+]([O-])c1cnc(NCc2ccno2)nc1. The summed E-state index contributed by atoms with van der Waals surface area (Å²) in [5.74, 6) is 0.920. The Balaban J connectivity index is 1.98. The summed E-state index contributed by atoms with van der Waals surface area (Å²) in [6.07, 6.45) is 3.79. The van der Waals surface area contributed by atoms with E-state index in [1.807, 2.05) is 0 Å². The lowest BCUT2D eigenvalue weighted by molar-refractivity contribution is -0.385. The normalized spacial score (nSPS) is 10.0. The summed E-state index contributed by atoms with van der Waals surface area (Å²) in [7, 11) is 0. The molecule has 0 amide bonds. The van der Waals surface area contributed by atoms with Crippen LogP contribution in [0.2, 0.25) is 0 Å². The molecule has 2 aromatic rings. The lowest BCUT2D eigenvalue weighted by atomic mass is 10.4. The van der Waals surface area contributed by atoms with Gasteiger partial charge in [-0.25, -0.2) is 9.97 Å². The van der Waals surface area contributed by atoms with E-state index < -0.39 is 4.92 Å². The molecule has 2 heterocycles. The highest BCUT2D eigenvalue weighted by atomic mass is 16.6. The van der Waals surface area contributed by atoms with Gasteiger partial charge in [-0.05, 0) is 0 Å². The lowest BCUT2D eigenvalue weighted by Crippen LogP contribution is -2.03. The highest BCUT2D eigenvalue weighted by molar-refractivity contribution is 5.30. The van der Waals surface area contributed by atoms with Gasteiger partial charge in [0.05, 0.1) is 17.7 Å². The Labute approximate surface area is 89.5 Å². The second-order valence-electron chi connectivity index (χ2n) is 2.85. The quantitative estimate of drug-likeness (QED) is 0.605. The zero-order valence-corrected chi connectivity index (χ0v) is 8.03. The van der Waals surface area contributed by atoms with E-state index >= 15 is 0 Å². The van der Waals surface area contributed by atoms with Crippen LogP contribution in [0.1, 0.15) is 5.76 Å². The first-order chi connectivity index (χ1) is 7.75. The van der Waals surface area contributed by atoms with Crippen molar-refractivity contribution >= 4 is 11.6 Å². The number of nitrogens with one attached hydrogen (secondary N) is 1. The Morgan fingerprint density at radius 3 is 2.75 bits per heavy atom. The summed E-state index contributed by atoms with van der Waals surface area (Å²) in [5, 5.41) is 16.7. The molecule has 0 radical (unpaired) electrons. The van der Waals surface area contributed by atoms with Gasteiger partial charge in [-0.3, -0.25) is 10.1 Å². The van der Waals surface area contributed by atoms with Crippen LogP contribution < -0.4 is 5.32 Å². The van der Waals surface area contributed by atoms with E-state index in [9.17, 15) is 10.1 Å². The van der Waals surface area contributed by atoms with Gasteiger partial charge in [0.1, 0.15) is 12.4 Å². The summed E-state index contributed by atoms with van der Waals surface area (Å²) >= 11 is 0. The minimum absolute atomic E-state index is 0.148. The molecule has 0 aromatic carbocycles. The molecule has 0 bridgehead atoms. The van der Waals surface area contributed by atoms with Gasteiger partial charge in [-0.2, -0.15) is 0 Å². The van der Waals surface area contributed by atoms with Gasteiger partial charge in [0.2, 0.25) is 5.95 Å². The molecule has 0 unspecified atom stereocenters. The van der Waals surface area contributed by atoms with Crippen LogP contribution in [-0.4, -0.2) is 20.0 Å². The first kappa shape index (κ1) is 10.0. The zero-order valence-electron chi connectivity index (χ0n) is 8.03. The molecular formula is C8H7N5O3. The fraction of sp³-hybridized carbons (Fsp3) is 0.125. The second-order valence-corrected chi connectivity index (χ2v) is 2.85. The monoisotopic (exact) mass is 221 g/mol. The van der Waals surface area contributed by atoms with Crippen molar-refractivity contribution in [2.24, 2.45) is 0 Å². The molecule has 0 aliphatic rings. The number of nitrogens with zero attached hydrogens (tertiary/aromatic N) is 4. The highest BCUT2D eigenvalue weighted by Gasteiger charge is 2.06. The smallest absolute Gasteiger partial charge is 0.305 e. The van der Waals surface area contributed by atoms with Crippen LogP contribution >= 0.6 is 0 Å². The minimum atomic E-state index is -0.555. The van der Waals surface area contributed by atoms with Crippen molar-refractivity contribution in [3.63, 3.8) is 0 Å². The van der Waals surface area contributed by atoms with E-state index in [0.717, 1.165) is 12.4 Å². The standard InChI is InChI=1S/C8H7N5O3/c14-13(15)6-3-9-8(10-4-6)11-5-7-1-2-12-16-7/h1-4H,5H2,(H,9,10,11). The number of hydrogen-bond donors (Lipinski definition) is 1. The predicted molar refractivity (Wildman–Crippen MR) is 52.5 cm³/mol. The van der Waals surface area contributed by atoms with Crippen molar-refractivity contribution in [2.75, 3.05) is 5.32 Å². The Hall–Kier alpha value is -2.51. The maximum atomic E-state index is 10.3. The van der Waals surface area contributed by atoms with Gasteiger partial charge in [0.25, 0.3) is 0 Å². The molecule has 0 spiro atoms. The Bertz CT molecular complexity index is 467. The molecular weight excluding hydrogens is 214 g/mol. The zero-order chi connectivity index (χ0) is 11.4. The molecule has 0 saturated carbocycles. The van der Waals surface area contributed by atoms with Crippen LogP contribution in [0.25, 0.3) is 0 Å².